The van der Waals surface area contributed by atoms with Crippen molar-refractivity contribution in [1.29, 1.82) is 0 Å². The smallest absolute Gasteiger partial charge is 0.358 e. The number of esters is 1. The number of aromatic nitrogens is 2. The van der Waals surface area contributed by atoms with Gasteiger partial charge in [-0.2, -0.15) is 16.4 Å². The summed E-state index contributed by atoms with van der Waals surface area (Å²) >= 11 is 1.58. The summed E-state index contributed by atoms with van der Waals surface area (Å²) in [5, 5.41) is 10.9. The Labute approximate surface area is 154 Å². The number of hydrogen-bond donors (Lipinski definition) is 1. The van der Waals surface area contributed by atoms with Crippen LogP contribution in [0.5, 0.6) is 0 Å². The maximum atomic E-state index is 12.0. The fourth-order valence-corrected chi connectivity index (χ4v) is 2.86. The first-order valence-electron chi connectivity index (χ1n) is 8.00. The maximum Gasteiger partial charge on any atom is 0.358 e. The molecule has 0 fully saturated rings. The summed E-state index contributed by atoms with van der Waals surface area (Å²) in [6.45, 7) is 2.04. The molecule has 7 heteroatoms. The molecule has 2 aromatic heterocycles. The van der Waals surface area contributed by atoms with Crippen LogP contribution >= 0.6 is 11.3 Å². The Morgan fingerprint density at radius 3 is 2.96 bits per heavy atom. The Morgan fingerprint density at radius 2 is 2.19 bits per heavy atom. The van der Waals surface area contributed by atoms with Crippen molar-refractivity contribution < 1.29 is 14.3 Å². The first-order chi connectivity index (χ1) is 12.7. The average Bonchev–Trinajstić information content (AvgIpc) is 3.32. The van der Waals surface area contributed by atoms with Crippen LogP contribution in [0.4, 0.5) is 5.69 Å². The predicted octanol–water partition coefficient (Wildman–Crippen LogP) is 3.76. The van der Waals surface area contributed by atoms with Gasteiger partial charge in [0.1, 0.15) is 0 Å². The van der Waals surface area contributed by atoms with Gasteiger partial charge in [0, 0.05) is 18.0 Å². The van der Waals surface area contributed by atoms with Gasteiger partial charge < -0.3 is 10.1 Å². The van der Waals surface area contributed by atoms with E-state index in [4.69, 9.17) is 4.74 Å². The Balaban J connectivity index is 1.70. The van der Waals surface area contributed by atoms with E-state index in [0.29, 0.717) is 12.3 Å². The zero-order valence-corrected chi connectivity index (χ0v) is 14.9. The van der Waals surface area contributed by atoms with Crippen LogP contribution in [0.15, 0.2) is 59.4 Å². The van der Waals surface area contributed by atoms with E-state index in [1.807, 2.05) is 22.9 Å². The molecule has 0 spiro atoms. The van der Waals surface area contributed by atoms with Crippen LogP contribution in [0.3, 0.4) is 0 Å². The van der Waals surface area contributed by atoms with Gasteiger partial charge in [-0.25, -0.2) is 9.48 Å². The summed E-state index contributed by atoms with van der Waals surface area (Å²) in [6, 6.07) is 10.7. The average molecular weight is 367 g/mol. The normalized spacial score (nSPS) is 10.8. The van der Waals surface area contributed by atoms with Gasteiger partial charge in [-0.3, -0.25) is 4.79 Å². The molecule has 1 N–H and O–H groups in total. The molecule has 0 bridgehead atoms. The van der Waals surface area contributed by atoms with E-state index in [9.17, 15) is 9.59 Å². The number of carbonyl (C=O) groups excluding carboxylic acids is 2. The van der Waals surface area contributed by atoms with Gasteiger partial charge >= 0.3 is 5.97 Å². The molecule has 0 aliphatic carbocycles. The molecule has 6 nitrogen and oxygen atoms in total. The zero-order chi connectivity index (χ0) is 18.4. The van der Waals surface area contributed by atoms with Crippen molar-refractivity contribution in [2.24, 2.45) is 0 Å². The summed E-state index contributed by atoms with van der Waals surface area (Å²) in [4.78, 5) is 23.8. The van der Waals surface area contributed by atoms with Gasteiger partial charge in [0.05, 0.1) is 12.3 Å². The lowest BCUT2D eigenvalue weighted by Gasteiger charge is -2.06. The third-order valence-corrected chi connectivity index (χ3v) is 4.12. The molecule has 0 radical (unpaired) electrons. The summed E-state index contributed by atoms with van der Waals surface area (Å²) < 4.78 is 6.49. The molecule has 3 rings (SSSR count). The van der Waals surface area contributed by atoms with Crippen molar-refractivity contribution in [2.75, 3.05) is 11.9 Å². The van der Waals surface area contributed by atoms with Gasteiger partial charge in [-0.05, 0) is 59.7 Å². The van der Waals surface area contributed by atoms with Crippen LogP contribution in [0.2, 0.25) is 0 Å². The highest BCUT2D eigenvalue weighted by Gasteiger charge is 2.11. The minimum Gasteiger partial charge on any atom is -0.461 e. The van der Waals surface area contributed by atoms with Crippen molar-refractivity contribution in [3.05, 3.63) is 70.7 Å². The lowest BCUT2D eigenvalue weighted by atomic mass is 10.2. The molecule has 26 heavy (non-hydrogen) atoms. The number of thiophene rings is 1. The maximum absolute atomic E-state index is 12.0. The second-order valence-corrected chi connectivity index (χ2v) is 6.08. The van der Waals surface area contributed by atoms with Gasteiger partial charge in [-0.1, -0.05) is 6.07 Å². The number of hydrogen-bond acceptors (Lipinski definition) is 5. The number of anilines is 1. The van der Waals surface area contributed by atoms with E-state index in [2.05, 4.69) is 10.4 Å². The first-order valence-corrected chi connectivity index (χ1v) is 8.94. The molecule has 0 saturated heterocycles. The first kappa shape index (κ1) is 17.6. The molecule has 2 heterocycles. The quantitative estimate of drug-likeness (QED) is 0.532. The standard InChI is InChI=1S/C19H17N3O3S/c1-2-25-19(24)17-8-10-22(21-17)16-5-3-4-15(12-16)20-18(23)7-6-14-9-11-26-13-14/h3-13H,2H2,1H3,(H,20,23)/b7-6+. The van der Waals surface area contributed by atoms with E-state index in [1.165, 1.54) is 6.08 Å². The molecule has 0 aliphatic heterocycles. The minimum atomic E-state index is -0.464. The highest BCUT2D eigenvalue weighted by Crippen LogP contribution is 2.15. The molecule has 0 unspecified atom stereocenters. The zero-order valence-electron chi connectivity index (χ0n) is 14.1. The molecule has 1 amide bonds. The number of nitrogens with zero attached hydrogens (tertiary/aromatic N) is 2. The molecule has 132 valence electrons. The molecule has 0 aliphatic rings. The van der Waals surface area contributed by atoms with Crippen LogP contribution in [-0.4, -0.2) is 28.3 Å². The molecule has 1 aromatic carbocycles. The van der Waals surface area contributed by atoms with Crippen LogP contribution in [0.25, 0.3) is 11.8 Å². The fraction of sp³-hybridized carbons (Fsp3) is 0.105. The summed E-state index contributed by atoms with van der Waals surface area (Å²) in [5.41, 5.74) is 2.58. The summed E-state index contributed by atoms with van der Waals surface area (Å²) in [5.74, 6) is -0.685. The number of carbonyl (C=O) groups is 2. The third kappa shape index (κ3) is 4.46. The number of rotatable bonds is 6. The van der Waals surface area contributed by atoms with E-state index >= 15 is 0 Å². The van der Waals surface area contributed by atoms with Crippen molar-refractivity contribution in [1.82, 2.24) is 9.78 Å². The Bertz CT molecular complexity index is 929. The van der Waals surface area contributed by atoms with Gasteiger partial charge in [0.15, 0.2) is 5.69 Å². The highest BCUT2D eigenvalue weighted by atomic mass is 32.1. The Morgan fingerprint density at radius 1 is 1.31 bits per heavy atom. The summed E-state index contributed by atoms with van der Waals surface area (Å²) in [7, 11) is 0. The largest absolute Gasteiger partial charge is 0.461 e. The molecule has 0 atom stereocenters. The molecule has 3 aromatic rings. The number of nitrogens with one attached hydrogen (secondary N) is 1. The predicted molar refractivity (Wildman–Crippen MR) is 102 cm³/mol. The van der Waals surface area contributed by atoms with Crippen LogP contribution in [-0.2, 0) is 9.53 Å². The lowest BCUT2D eigenvalue weighted by Crippen LogP contribution is -2.09. The highest BCUT2D eigenvalue weighted by molar-refractivity contribution is 7.08. The minimum absolute atomic E-state index is 0.221. The van der Waals surface area contributed by atoms with Crippen molar-refractivity contribution in [2.45, 2.75) is 6.92 Å². The SMILES string of the molecule is CCOC(=O)c1ccn(-c2cccc(NC(=O)/C=C/c3ccsc3)c2)n1. The van der Waals surface area contributed by atoms with Crippen molar-refractivity contribution >= 4 is 35.0 Å². The Kier molecular flexibility index (Phi) is 5.60. The molecule has 0 saturated carbocycles. The van der Waals surface area contributed by atoms with Gasteiger partial charge in [0.2, 0.25) is 5.91 Å². The Hall–Kier alpha value is -3.19. The van der Waals surface area contributed by atoms with Crippen LogP contribution in [0, 0.1) is 0 Å². The fourth-order valence-electron chi connectivity index (χ4n) is 2.23. The van der Waals surface area contributed by atoms with E-state index in [-0.39, 0.29) is 11.6 Å². The molecular formula is C19H17N3O3S. The number of amides is 1. The van der Waals surface area contributed by atoms with Gasteiger partial charge in [-0.15, -0.1) is 0 Å². The monoisotopic (exact) mass is 367 g/mol. The van der Waals surface area contributed by atoms with E-state index < -0.39 is 5.97 Å². The van der Waals surface area contributed by atoms with Crippen LogP contribution < -0.4 is 5.32 Å². The van der Waals surface area contributed by atoms with Crippen LogP contribution in [0.1, 0.15) is 23.0 Å². The van der Waals surface area contributed by atoms with Crippen molar-refractivity contribution in [3.8, 4) is 5.69 Å². The van der Waals surface area contributed by atoms with E-state index in [1.54, 1.807) is 59.5 Å². The summed E-state index contributed by atoms with van der Waals surface area (Å²) in [6.07, 6.45) is 4.92. The number of benzene rings is 1. The molecular weight excluding hydrogens is 350 g/mol. The second kappa shape index (κ2) is 8.26. The lowest BCUT2D eigenvalue weighted by molar-refractivity contribution is -0.111. The number of ether oxygens (including phenoxy) is 1. The third-order valence-electron chi connectivity index (χ3n) is 3.42. The van der Waals surface area contributed by atoms with Gasteiger partial charge in [0.25, 0.3) is 0 Å². The topological polar surface area (TPSA) is 73.2 Å². The van der Waals surface area contributed by atoms with Crippen molar-refractivity contribution in [3.63, 3.8) is 0 Å². The van der Waals surface area contributed by atoms with E-state index in [0.717, 1.165) is 11.3 Å². The second-order valence-electron chi connectivity index (χ2n) is 5.30.